The van der Waals surface area contributed by atoms with Crippen LogP contribution in [0.15, 0.2) is 22.7 Å². The van der Waals surface area contributed by atoms with E-state index in [9.17, 15) is 0 Å². The maximum absolute atomic E-state index is 6.10. The van der Waals surface area contributed by atoms with Crippen molar-refractivity contribution in [2.75, 3.05) is 0 Å². The van der Waals surface area contributed by atoms with Gasteiger partial charge in [-0.25, -0.2) is 0 Å². The fraction of sp³-hybridized carbons (Fsp3) is 0.385. The Morgan fingerprint density at radius 2 is 2.26 bits per heavy atom. The third-order valence-electron chi connectivity index (χ3n) is 3.00. The standard InChI is InChI=1S/C13H14ClN3O2/c14-10-5-8(6-15)1-4-11(10)18-7-12-16-13(19-17-12)9-2-3-9/h1,4-5,9H,2-3,6-7,15H2. The van der Waals surface area contributed by atoms with Gasteiger partial charge in [0.05, 0.1) is 5.02 Å². The van der Waals surface area contributed by atoms with Crippen LogP contribution in [0, 0.1) is 0 Å². The number of hydrogen-bond donors (Lipinski definition) is 1. The highest BCUT2D eigenvalue weighted by molar-refractivity contribution is 6.32. The first kappa shape index (κ1) is 12.4. The fourth-order valence-corrected chi connectivity index (χ4v) is 2.01. The average molecular weight is 280 g/mol. The van der Waals surface area contributed by atoms with Gasteiger partial charge in [-0.05, 0) is 30.5 Å². The minimum Gasteiger partial charge on any atom is -0.484 e. The van der Waals surface area contributed by atoms with Crippen molar-refractivity contribution in [2.45, 2.75) is 31.9 Å². The molecule has 5 nitrogen and oxygen atoms in total. The smallest absolute Gasteiger partial charge is 0.229 e. The number of halogens is 1. The van der Waals surface area contributed by atoms with Gasteiger partial charge in [-0.15, -0.1) is 0 Å². The molecule has 0 spiro atoms. The summed E-state index contributed by atoms with van der Waals surface area (Å²) in [4.78, 5) is 4.28. The van der Waals surface area contributed by atoms with Crippen LogP contribution in [0.1, 0.15) is 36.0 Å². The fourth-order valence-electron chi connectivity index (χ4n) is 1.75. The Hall–Kier alpha value is -1.59. The molecule has 0 amide bonds. The zero-order valence-corrected chi connectivity index (χ0v) is 11.1. The molecule has 1 saturated carbocycles. The molecule has 2 aromatic rings. The normalized spacial score (nSPS) is 14.6. The summed E-state index contributed by atoms with van der Waals surface area (Å²) in [6, 6.07) is 5.47. The molecule has 0 bridgehead atoms. The average Bonchev–Trinajstić information content (AvgIpc) is 3.17. The quantitative estimate of drug-likeness (QED) is 0.911. The van der Waals surface area contributed by atoms with Crippen molar-refractivity contribution in [3.05, 3.63) is 40.5 Å². The van der Waals surface area contributed by atoms with E-state index in [1.54, 1.807) is 12.1 Å². The minimum absolute atomic E-state index is 0.248. The van der Waals surface area contributed by atoms with Crippen LogP contribution in [-0.2, 0) is 13.2 Å². The Balaban J connectivity index is 1.64. The highest BCUT2D eigenvalue weighted by Gasteiger charge is 2.29. The molecule has 2 N–H and O–H groups in total. The lowest BCUT2D eigenvalue weighted by Gasteiger charge is -2.06. The van der Waals surface area contributed by atoms with Gasteiger partial charge in [0, 0.05) is 12.5 Å². The molecule has 3 rings (SSSR count). The van der Waals surface area contributed by atoms with Gasteiger partial charge >= 0.3 is 0 Å². The molecule has 1 aliphatic carbocycles. The lowest BCUT2D eigenvalue weighted by molar-refractivity contribution is 0.285. The number of ether oxygens (including phenoxy) is 1. The number of aromatic nitrogens is 2. The second-order valence-electron chi connectivity index (χ2n) is 4.58. The summed E-state index contributed by atoms with van der Waals surface area (Å²) >= 11 is 6.10. The minimum atomic E-state index is 0.248. The molecular formula is C13H14ClN3O2. The maximum Gasteiger partial charge on any atom is 0.229 e. The second kappa shape index (κ2) is 5.19. The molecule has 0 aliphatic heterocycles. The van der Waals surface area contributed by atoms with E-state index in [2.05, 4.69) is 10.1 Å². The Labute approximate surface area is 115 Å². The largest absolute Gasteiger partial charge is 0.484 e. The molecule has 1 heterocycles. The van der Waals surface area contributed by atoms with E-state index in [1.807, 2.05) is 6.07 Å². The van der Waals surface area contributed by atoms with Crippen LogP contribution < -0.4 is 10.5 Å². The first-order valence-electron chi connectivity index (χ1n) is 6.20. The van der Waals surface area contributed by atoms with Gasteiger partial charge < -0.3 is 15.0 Å². The van der Waals surface area contributed by atoms with E-state index in [0.29, 0.717) is 34.9 Å². The number of nitrogens with zero attached hydrogens (tertiary/aromatic N) is 2. The molecule has 0 radical (unpaired) electrons. The van der Waals surface area contributed by atoms with Gasteiger partial charge in [-0.2, -0.15) is 4.98 Å². The van der Waals surface area contributed by atoms with Crippen LogP contribution in [0.5, 0.6) is 5.75 Å². The van der Waals surface area contributed by atoms with Gasteiger partial charge in [-0.3, -0.25) is 0 Å². The number of nitrogens with two attached hydrogens (primary N) is 1. The summed E-state index contributed by atoms with van der Waals surface area (Å²) in [6.45, 7) is 0.702. The summed E-state index contributed by atoms with van der Waals surface area (Å²) in [5.74, 6) is 2.30. The lowest BCUT2D eigenvalue weighted by atomic mass is 10.2. The number of hydrogen-bond acceptors (Lipinski definition) is 5. The monoisotopic (exact) mass is 279 g/mol. The zero-order chi connectivity index (χ0) is 13.2. The molecule has 100 valence electrons. The van der Waals surface area contributed by atoms with Crippen LogP contribution in [0.3, 0.4) is 0 Å². The van der Waals surface area contributed by atoms with Crippen LogP contribution in [-0.4, -0.2) is 10.1 Å². The van der Waals surface area contributed by atoms with Gasteiger partial charge in [0.1, 0.15) is 5.75 Å². The number of rotatable bonds is 5. The molecule has 1 fully saturated rings. The van der Waals surface area contributed by atoms with Crippen LogP contribution in [0.25, 0.3) is 0 Å². The Kier molecular flexibility index (Phi) is 3.40. The summed E-state index contributed by atoms with van der Waals surface area (Å²) in [5, 5.41) is 4.42. The molecule has 1 aromatic carbocycles. The van der Waals surface area contributed by atoms with Crippen molar-refractivity contribution in [3.63, 3.8) is 0 Å². The first-order chi connectivity index (χ1) is 9.26. The van der Waals surface area contributed by atoms with Gasteiger partial charge in [0.15, 0.2) is 6.61 Å². The van der Waals surface area contributed by atoms with E-state index >= 15 is 0 Å². The van der Waals surface area contributed by atoms with E-state index in [-0.39, 0.29) is 6.61 Å². The lowest BCUT2D eigenvalue weighted by Crippen LogP contribution is -2.00. The van der Waals surface area contributed by atoms with Gasteiger partial charge in [-0.1, -0.05) is 22.8 Å². The van der Waals surface area contributed by atoms with Crippen LogP contribution in [0.2, 0.25) is 5.02 Å². The Bertz CT molecular complexity index is 581. The zero-order valence-electron chi connectivity index (χ0n) is 10.3. The first-order valence-corrected chi connectivity index (χ1v) is 6.58. The van der Waals surface area contributed by atoms with Crippen molar-refractivity contribution in [3.8, 4) is 5.75 Å². The molecule has 1 aliphatic rings. The Morgan fingerprint density at radius 1 is 1.42 bits per heavy atom. The van der Waals surface area contributed by atoms with Crippen molar-refractivity contribution >= 4 is 11.6 Å². The molecule has 6 heteroatoms. The van der Waals surface area contributed by atoms with Crippen molar-refractivity contribution in [1.29, 1.82) is 0 Å². The predicted molar refractivity (Wildman–Crippen MR) is 69.9 cm³/mol. The molecule has 0 saturated heterocycles. The van der Waals surface area contributed by atoms with Crippen LogP contribution in [0.4, 0.5) is 0 Å². The second-order valence-corrected chi connectivity index (χ2v) is 4.99. The topological polar surface area (TPSA) is 74.2 Å². The van der Waals surface area contributed by atoms with E-state index in [1.165, 1.54) is 0 Å². The van der Waals surface area contributed by atoms with Crippen molar-refractivity contribution in [2.24, 2.45) is 5.73 Å². The highest BCUT2D eigenvalue weighted by Crippen LogP contribution is 2.38. The molecule has 1 aromatic heterocycles. The third-order valence-corrected chi connectivity index (χ3v) is 3.29. The Morgan fingerprint density at radius 3 is 2.95 bits per heavy atom. The van der Waals surface area contributed by atoms with E-state index in [4.69, 9.17) is 26.6 Å². The van der Waals surface area contributed by atoms with E-state index < -0.39 is 0 Å². The van der Waals surface area contributed by atoms with Crippen molar-refractivity contribution in [1.82, 2.24) is 10.1 Å². The summed E-state index contributed by atoms with van der Waals surface area (Å²) in [5.41, 5.74) is 6.50. The van der Waals surface area contributed by atoms with Crippen LogP contribution >= 0.6 is 11.6 Å². The van der Waals surface area contributed by atoms with Crippen molar-refractivity contribution < 1.29 is 9.26 Å². The highest BCUT2D eigenvalue weighted by atomic mass is 35.5. The SMILES string of the molecule is NCc1ccc(OCc2noc(C3CC3)n2)c(Cl)c1. The molecular weight excluding hydrogens is 266 g/mol. The third kappa shape index (κ3) is 2.88. The molecule has 0 atom stereocenters. The molecule has 0 unspecified atom stereocenters. The predicted octanol–water partition coefficient (Wildman–Crippen LogP) is 2.64. The summed E-state index contributed by atoms with van der Waals surface area (Å²) < 4.78 is 10.7. The van der Waals surface area contributed by atoms with Gasteiger partial charge in [0.2, 0.25) is 11.7 Å². The maximum atomic E-state index is 6.10. The molecule has 19 heavy (non-hydrogen) atoms. The summed E-state index contributed by atoms with van der Waals surface area (Å²) in [6.07, 6.45) is 2.27. The summed E-state index contributed by atoms with van der Waals surface area (Å²) in [7, 11) is 0. The number of benzene rings is 1. The van der Waals surface area contributed by atoms with E-state index in [0.717, 1.165) is 18.4 Å². The van der Waals surface area contributed by atoms with Gasteiger partial charge in [0.25, 0.3) is 0 Å².